The van der Waals surface area contributed by atoms with Crippen LogP contribution in [0.25, 0.3) is 11.0 Å². The lowest BCUT2D eigenvalue weighted by Crippen LogP contribution is -2.28. The van der Waals surface area contributed by atoms with E-state index in [0.29, 0.717) is 0 Å². The standard InChI is InChI=1S/C14H17N3O2/c1-16-11-7-6-10(8-12(11)17(2)14(16)19)15-13(18)9-4-3-5-9/h6-9H,3-5H2,1-2H3,(H,15,18). The molecule has 1 aliphatic carbocycles. The van der Waals surface area contributed by atoms with Crippen molar-refractivity contribution in [3.8, 4) is 0 Å². The molecular formula is C14H17N3O2. The van der Waals surface area contributed by atoms with Crippen LogP contribution in [0.15, 0.2) is 23.0 Å². The highest BCUT2D eigenvalue weighted by Gasteiger charge is 2.25. The summed E-state index contributed by atoms with van der Waals surface area (Å²) in [4.78, 5) is 23.7. The van der Waals surface area contributed by atoms with Crippen LogP contribution in [0.3, 0.4) is 0 Å². The van der Waals surface area contributed by atoms with Gasteiger partial charge in [0, 0.05) is 25.7 Å². The molecule has 1 fully saturated rings. The molecule has 0 saturated heterocycles. The molecule has 1 heterocycles. The van der Waals surface area contributed by atoms with Crippen molar-refractivity contribution in [1.29, 1.82) is 0 Å². The highest BCUT2D eigenvalue weighted by atomic mass is 16.2. The van der Waals surface area contributed by atoms with Crippen LogP contribution in [-0.4, -0.2) is 15.0 Å². The van der Waals surface area contributed by atoms with Gasteiger partial charge in [-0.05, 0) is 31.0 Å². The third-order valence-electron chi connectivity index (χ3n) is 4.02. The first-order valence-electron chi connectivity index (χ1n) is 6.54. The highest BCUT2D eigenvalue weighted by molar-refractivity contribution is 5.95. The number of amides is 1. The van der Waals surface area contributed by atoms with E-state index in [-0.39, 0.29) is 17.5 Å². The van der Waals surface area contributed by atoms with Gasteiger partial charge in [-0.25, -0.2) is 4.79 Å². The summed E-state index contributed by atoms with van der Waals surface area (Å²) in [6, 6.07) is 5.57. The largest absolute Gasteiger partial charge is 0.328 e. The van der Waals surface area contributed by atoms with Crippen LogP contribution in [0.4, 0.5) is 5.69 Å². The lowest BCUT2D eigenvalue weighted by Gasteiger charge is -2.24. The van der Waals surface area contributed by atoms with Crippen molar-refractivity contribution in [1.82, 2.24) is 9.13 Å². The maximum atomic E-state index is 11.9. The maximum Gasteiger partial charge on any atom is 0.328 e. The first-order chi connectivity index (χ1) is 9.08. The Kier molecular flexibility index (Phi) is 2.69. The molecule has 1 saturated carbocycles. The average molecular weight is 259 g/mol. The molecule has 0 unspecified atom stereocenters. The Labute approximate surface area is 110 Å². The van der Waals surface area contributed by atoms with Gasteiger partial charge in [-0.15, -0.1) is 0 Å². The number of rotatable bonds is 2. The summed E-state index contributed by atoms with van der Waals surface area (Å²) in [6.07, 6.45) is 3.11. The first-order valence-corrected chi connectivity index (χ1v) is 6.54. The van der Waals surface area contributed by atoms with Crippen LogP contribution in [0.2, 0.25) is 0 Å². The van der Waals surface area contributed by atoms with E-state index < -0.39 is 0 Å². The second-order valence-electron chi connectivity index (χ2n) is 5.22. The normalized spacial score (nSPS) is 15.5. The van der Waals surface area contributed by atoms with E-state index >= 15 is 0 Å². The van der Waals surface area contributed by atoms with E-state index in [4.69, 9.17) is 0 Å². The summed E-state index contributed by atoms with van der Waals surface area (Å²) in [5, 5.41) is 2.93. The minimum absolute atomic E-state index is 0.0579. The summed E-state index contributed by atoms with van der Waals surface area (Å²) in [5.74, 6) is 0.252. The van der Waals surface area contributed by atoms with Crippen molar-refractivity contribution in [3.05, 3.63) is 28.7 Å². The zero-order valence-electron chi connectivity index (χ0n) is 11.1. The molecule has 100 valence electrons. The first kappa shape index (κ1) is 12.0. The molecule has 1 amide bonds. The number of anilines is 1. The number of imidazole rings is 1. The van der Waals surface area contributed by atoms with Gasteiger partial charge in [0.1, 0.15) is 0 Å². The number of hydrogen-bond donors (Lipinski definition) is 1. The van der Waals surface area contributed by atoms with Crippen molar-refractivity contribution < 1.29 is 4.79 Å². The van der Waals surface area contributed by atoms with Crippen molar-refractivity contribution in [3.63, 3.8) is 0 Å². The van der Waals surface area contributed by atoms with Gasteiger partial charge in [0.15, 0.2) is 0 Å². The van der Waals surface area contributed by atoms with Gasteiger partial charge in [0.25, 0.3) is 0 Å². The fourth-order valence-corrected chi connectivity index (χ4v) is 2.50. The van der Waals surface area contributed by atoms with Gasteiger partial charge in [0.2, 0.25) is 5.91 Å². The number of nitrogens with zero attached hydrogens (tertiary/aromatic N) is 2. The Bertz CT molecular complexity index is 707. The van der Waals surface area contributed by atoms with Gasteiger partial charge in [-0.2, -0.15) is 0 Å². The second kappa shape index (κ2) is 4.26. The van der Waals surface area contributed by atoms with E-state index in [9.17, 15) is 9.59 Å². The molecule has 1 aliphatic rings. The molecule has 0 radical (unpaired) electrons. The van der Waals surface area contributed by atoms with Crippen LogP contribution in [0, 0.1) is 5.92 Å². The zero-order valence-corrected chi connectivity index (χ0v) is 11.1. The van der Waals surface area contributed by atoms with Gasteiger partial charge in [0.05, 0.1) is 11.0 Å². The fraction of sp³-hybridized carbons (Fsp3) is 0.429. The molecule has 2 aromatic rings. The fourth-order valence-electron chi connectivity index (χ4n) is 2.50. The lowest BCUT2D eigenvalue weighted by molar-refractivity contribution is -0.122. The third-order valence-corrected chi connectivity index (χ3v) is 4.02. The Balaban J connectivity index is 1.95. The minimum Gasteiger partial charge on any atom is -0.326 e. The molecule has 1 aromatic carbocycles. The number of carbonyl (C=O) groups is 1. The zero-order chi connectivity index (χ0) is 13.6. The van der Waals surface area contributed by atoms with Crippen LogP contribution in [-0.2, 0) is 18.9 Å². The van der Waals surface area contributed by atoms with Gasteiger partial charge in [-0.3, -0.25) is 13.9 Å². The quantitative estimate of drug-likeness (QED) is 0.891. The summed E-state index contributed by atoms with van der Waals surface area (Å²) < 4.78 is 3.20. The number of carbonyl (C=O) groups excluding carboxylic acids is 1. The SMILES string of the molecule is Cn1c(=O)n(C)c2cc(NC(=O)C3CCC3)ccc21. The number of fused-ring (bicyclic) bond motifs is 1. The number of aryl methyl sites for hydroxylation is 2. The van der Waals surface area contributed by atoms with Gasteiger partial charge < -0.3 is 5.32 Å². The lowest BCUT2D eigenvalue weighted by atomic mass is 9.85. The predicted molar refractivity (Wildman–Crippen MR) is 74.1 cm³/mol. The summed E-state index contributed by atoms with van der Waals surface area (Å²) in [7, 11) is 3.49. The number of aromatic nitrogens is 2. The topological polar surface area (TPSA) is 56.0 Å². The summed E-state index contributed by atoms with van der Waals surface area (Å²) >= 11 is 0. The van der Waals surface area contributed by atoms with E-state index in [0.717, 1.165) is 36.0 Å². The van der Waals surface area contributed by atoms with Crippen molar-refractivity contribution in [2.24, 2.45) is 20.0 Å². The number of nitrogens with one attached hydrogen (secondary N) is 1. The van der Waals surface area contributed by atoms with Crippen molar-refractivity contribution in [2.75, 3.05) is 5.32 Å². The van der Waals surface area contributed by atoms with Crippen LogP contribution >= 0.6 is 0 Å². The molecule has 0 spiro atoms. The Morgan fingerprint density at radius 2 is 1.89 bits per heavy atom. The average Bonchev–Trinajstić information content (AvgIpc) is 2.52. The Morgan fingerprint density at radius 1 is 1.21 bits per heavy atom. The third kappa shape index (κ3) is 1.85. The molecule has 1 N–H and O–H groups in total. The Hall–Kier alpha value is -2.04. The van der Waals surface area contributed by atoms with Crippen LogP contribution in [0.1, 0.15) is 19.3 Å². The summed E-state index contributed by atoms with van der Waals surface area (Å²) in [5.41, 5.74) is 2.40. The highest BCUT2D eigenvalue weighted by Crippen LogP contribution is 2.28. The Morgan fingerprint density at radius 3 is 2.53 bits per heavy atom. The molecule has 1 aromatic heterocycles. The molecule has 5 heteroatoms. The number of benzene rings is 1. The van der Waals surface area contributed by atoms with Crippen molar-refractivity contribution >= 4 is 22.6 Å². The molecule has 0 atom stereocenters. The molecule has 19 heavy (non-hydrogen) atoms. The molecule has 0 bridgehead atoms. The molecule has 5 nitrogen and oxygen atoms in total. The van der Waals surface area contributed by atoms with Crippen molar-refractivity contribution in [2.45, 2.75) is 19.3 Å². The second-order valence-corrected chi connectivity index (χ2v) is 5.22. The smallest absolute Gasteiger partial charge is 0.326 e. The van der Waals surface area contributed by atoms with Gasteiger partial charge in [-0.1, -0.05) is 6.42 Å². The molecule has 0 aliphatic heterocycles. The van der Waals surface area contributed by atoms with Crippen LogP contribution < -0.4 is 11.0 Å². The van der Waals surface area contributed by atoms with E-state index in [1.54, 1.807) is 23.2 Å². The van der Waals surface area contributed by atoms with E-state index in [2.05, 4.69) is 5.32 Å². The maximum absolute atomic E-state index is 11.9. The van der Waals surface area contributed by atoms with E-state index in [1.165, 1.54) is 0 Å². The summed E-state index contributed by atoms with van der Waals surface area (Å²) in [6.45, 7) is 0. The number of hydrogen-bond acceptors (Lipinski definition) is 2. The molecular weight excluding hydrogens is 242 g/mol. The van der Waals surface area contributed by atoms with E-state index in [1.807, 2.05) is 18.2 Å². The molecule has 3 rings (SSSR count). The minimum atomic E-state index is -0.0579. The monoisotopic (exact) mass is 259 g/mol. The predicted octanol–water partition coefficient (Wildman–Crippen LogP) is 1.62. The van der Waals surface area contributed by atoms with Gasteiger partial charge >= 0.3 is 5.69 Å². The van der Waals surface area contributed by atoms with Crippen LogP contribution in [0.5, 0.6) is 0 Å².